The van der Waals surface area contributed by atoms with Gasteiger partial charge in [0.05, 0.1) is 37.0 Å². The van der Waals surface area contributed by atoms with E-state index in [0.717, 1.165) is 11.8 Å². The Bertz CT molecular complexity index is 1310. The van der Waals surface area contributed by atoms with E-state index in [0.29, 0.717) is 28.4 Å². The first-order chi connectivity index (χ1) is 17.4. The maximum atomic E-state index is 13.5. The number of nitrogens with one attached hydrogen (secondary N) is 1. The number of hydrogen-bond donors (Lipinski definition) is 1. The lowest BCUT2D eigenvalue weighted by Gasteiger charge is -2.38. The molecule has 2 aromatic carbocycles. The number of fused-ring (bicyclic) bond motifs is 1. The molecule has 0 saturated carbocycles. The smallest absolute Gasteiger partial charge is 0.338 e. The number of aliphatic imine (C=N–C) groups is 1. The summed E-state index contributed by atoms with van der Waals surface area (Å²) in [5.74, 6) is -0.724. The van der Waals surface area contributed by atoms with E-state index in [1.165, 1.54) is 25.2 Å². The summed E-state index contributed by atoms with van der Waals surface area (Å²) in [6, 6.07) is 13.3. The van der Waals surface area contributed by atoms with Gasteiger partial charge < -0.3 is 36.5 Å². The third-order valence-corrected chi connectivity index (χ3v) is 6.56. The molecule has 2 heterocycles. The van der Waals surface area contributed by atoms with E-state index in [1.807, 2.05) is 6.07 Å². The number of halogens is 1. The van der Waals surface area contributed by atoms with Gasteiger partial charge in [-0.25, -0.2) is 9.79 Å². The van der Waals surface area contributed by atoms with Crippen molar-refractivity contribution in [1.82, 2.24) is 4.90 Å². The van der Waals surface area contributed by atoms with Crippen LogP contribution < -0.4 is 31.8 Å². The second-order valence-corrected chi connectivity index (χ2v) is 8.75. The first kappa shape index (κ1) is 28.0. The maximum Gasteiger partial charge on any atom is 0.338 e. The summed E-state index contributed by atoms with van der Waals surface area (Å²) < 4.78 is 16.4. The minimum atomic E-state index is -0.906. The number of carbonyl (C=O) groups is 3. The van der Waals surface area contributed by atoms with Crippen LogP contribution in [0.4, 0.5) is 5.69 Å². The van der Waals surface area contributed by atoms with Crippen molar-refractivity contribution in [3.05, 3.63) is 76.3 Å². The highest BCUT2D eigenvalue weighted by molar-refractivity contribution is 8.18. The topological polar surface area (TPSA) is 107 Å². The van der Waals surface area contributed by atoms with Crippen molar-refractivity contribution in [2.75, 3.05) is 26.1 Å². The number of rotatable bonds is 7. The number of hydrogen-bond acceptors (Lipinski definition) is 8. The van der Waals surface area contributed by atoms with Gasteiger partial charge >= 0.3 is 5.97 Å². The molecule has 0 radical (unpaired) electrons. The maximum absolute atomic E-state index is 13.5. The molecular weight excluding hydrogens is 562 g/mol. The molecule has 11 heteroatoms. The van der Waals surface area contributed by atoms with Crippen LogP contribution in [0.2, 0.25) is 0 Å². The molecule has 1 N–H and O–H groups in total. The lowest BCUT2D eigenvalue weighted by atomic mass is 9.93. The number of methoxy groups -OCH3 is 2. The summed E-state index contributed by atoms with van der Waals surface area (Å²) in [5, 5.41) is 3.05. The minimum absolute atomic E-state index is 0. The average Bonchev–Trinajstić information content (AvgIpc) is 2.87. The van der Waals surface area contributed by atoms with E-state index in [9.17, 15) is 14.4 Å². The molecule has 0 saturated heterocycles. The largest absolute Gasteiger partial charge is 1.00 e. The molecule has 37 heavy (non-hydrogen) atoms. The summed E-state index contributed by atoms with van der Waals surface area (Å²) in [7, 11) is 2.99. The fraction of sp³-hybridized carbons (Fsp3) is 0.231. The first-order valence-electron chi connectivity index (χ1n) is 11.2. The Morgan fingerprint density at radius 1 is 1.08 bits per heavy atom. The summed E-state index contributed by atoms with van der Waals surface area (Å²) in [6.07, 6.45) is 1.24. The number of nitrogens with zero attached hydrogens (tertiary/aromatic N) is 2. The van der Waals surface area contributed by atoms with E-state index in [1.54, 1.807) is 56.3 Å². The Morgan fingerprint density at radius 2 is 1.81 bits per heavy atom. The summed E-state index contributed by atoms with van der Waals surface area (Å²) in [5.41, 5.74) is 1.70. The molecule has 4 rings (SSSR count). The van der Waals surface area contributed by atoms with Gasteiger partial charge in [0.1, 0.15) is 6.04 Å². The molecular formula is C26H25BrN3O6S-. The fourth-order valence-corrected chi connectivity index (χ4v) is 4.99. The quantitative estimate of drug-likeness (QED) is 0.483. The lowest BCUT2D eigenvalue weighted by molar-refractivity contribution is -0.139. The van der Waals surface area contributed by atoms with Crippen molar-refractivity contribution in [2.45, 2.75) is 19.9 Å². The number of esters is 1. The Hall–Kier alpha value is -3.57. The lowest BCUT2D eigenvalue weighted by Crippen LogP contribution is -3.00. The zero-order chi connectivity index (χ0) is 25.8. The predicted molar refractivity (Wildman–Crippen MR) is 137 cm³/mol. The fourth-order valence-electron chi connectivity index (χ4n) is 4.01. The van der Waals surface area contributed by atoms with Gasteiger partial charge in [-0.1, -0.05) is 30.3 Å². The van der Waals surface area contributed by atoms with Crippen molar-refractivity contribution in [1.29, 1.82) is 0 Å². The zero-order valence-electron chi connectivity index (χ0n) is 20.6. The monoisotopic (exact) mass is 586 g/mol. The Labute approximate surface area is 229 Å². The van der Waals surface area contributed by atoms with Crippen LogP contribution in [0.1, 0.15) is 25.5 Å². The number of ether oxygens (including phenoxy) is 3. The molecule has 1 atom stereocenters. The van der Waals surface area contributed by atoms with Crippen LogP contribution in [0.25, 0.3) is 0 Å². The molecule has 0 aliphatic carbocycles. The van der Waals surface area contributed by atoms with Crippen LogP contribution >= 0.6 is 11.8 Å². The summed E-state index contributed by atoms with van der Waals surface area (Å²) in [6.45, 7) is 3.53. The number of carbonyl (C=O) groups excluding carboxylic acids is 3. The number of allylic oxidation sites excluding steroid dienone is 1. The van der Waals surface area contributed by atoms with Crippen molar-refractivity contribution >= 4 is 40.4 Å². The van der Waals surface area contributed by atoms with Gasteiger partial charge in [-0.2, -0.15) is 0 Å². The van der Waals surface area contributed by atoms with Crippen LogP contribution in [0, 0.1) is 0 Å². The Morgan fingerprint density at radius 3 is 2.46 bits per heavy atom. The van der Waals surface area contributed by atoms with Crippen LogP contribution in [0.3, 0.4) is 0 Å². The van der Waals surface area contributed by atoms with Gasteiger partial charge in [0.2, 0.25) is 0 Å². The molecule has 2 aliphatic rings. The van der Waals surface area contributed by atoms with Crippen molar-refractivity contribution in [3.63, 3.8) is 0 Å². The number of para-hydroxylation sites is 2. The average molecular weight is 587 g/mol. The number of amides is 2. The number of amidine groups is 1. The SMILES string of the molecule is CCOC(=O)C1=C(C)N=C2SC(C(=O)Nc3ccccc3)=CC(=O)N2C1c1cccc(OC)c1OC.[Br-]. The number of thioether (sulfide) groups is 1. The predicted octanol–water partition coefficient (Wildman–Crippen LogP) is 1.05. The highest BCUT2D eigenvalue weighted by Crippen LogP contribution is 2.46. The standard InChI is InChI=1S/C26H25N3O6S.BrH/c1-5-35-25(32)21-15(2)27-26-29(22(21)17-12-9-13-18(33-3)23(17)34-4)20(30)14-19(36-26)24(31)28-16-10-7-6-8-11-16;/h6-14,22H,5H2,1-4H3,(H,28,31);1H/p-1. The van der Waals surface area contributed by atoms with Crippen LogP contribution in [0.15, 0.2) is 75.8 Å². The molecule has 9 nitrogen and oxygen atoms in total. The van der Waals surface area contributed by atoms with Gasteiger partial charge in [-0.15, -0.1) is 0 Å². The molecule has 0 aromatic heterocycles. The third-order valence-electron chi connectivity index (χ3n) is 5.56. The highest BCUT2D eigenvalue weighted by atomic mass is 79.9. The molecule has 2 aliphatic heterocycles. The molecule has 0 fully saturated rings. The van der Waals surface area contributed by atoms with Crippen LogP contribution in [0.5, 0.6) is 11.5 Å². The van der Waals surface area contributed by atoms with Crippen LogP contribution in [-0.2, 0) is 19.1 Å². The summed E-state index contributed by atoms with van der Waals surface area (Å²) in [4.78, 5) is 45.5. The number of anilines is 1. The Balaban J connectivity index is 0.00000380. The second kappa shape index (κ2) is 12.1. The van der Waals surface area contributed by atoms with Gasteiger partial charge in [0.15, 0.2) is 16.7 Å². The van der Waals surface area contributed by atoms with Gasteiger partial charge in [-0.05, 0) is 43.8 Å². The van der Waals surface area contributed by atoms with Crippen LogP contribution in [-0.4, -0.2) is 48.7 Å². The zero-order valence-corrected chi connectivity index (χ0v) is 23.0. The van der Waals surface area contributed by atoms with Gasteiger partial charge in [-0.3, -0.25) is 14.5 Å². The van der Waals surface area contributed by atoms with Crippen molar-refractivity contribution in [2.24, 2.45) is 4.99 Å². The van der Waals surface area contributed by atoms with E-state index in [-0.39, 0.29) is 39.2 Å². The number of benzene rings is 2. The first-order valence-corrected chi connectivity index (χ1v) is 12.0. The highest BCUT2D eigenvalue weighted by Gasteiger charge is 2.44. The molecule has 2 amide bonds. The van der Waals surface area contributed by atoms with E-state index in [4.69, 9.17) is 14.2 Å². The second-order valence-electron chi connectivity index (χ2n) is 7.74. The Kier molecular flexibility index (Phi) is 9.17. The van der Waals surface area contributed by atoms with E-state index in [2.05, 4.69) is 10.3 Å². The van der Waals surface area contributed by atoms with Crippen molar-refractivity contribution < 1.29 is 45.6 Å². The van der Waals surface area contributed by atoms with E-state index < -0.39 is 23.8 Å². The third kappa shape index (κ3) is 5.57. The molecule has 1 unspecified atom stereocenters. The molecule has 2 aromatic rings. The normalized spacial score (nSPS) is 16.6. The van der Waals surface area contributed by atoms with Gasteiger partial charge in [0.25, 0.3) is 11.8 Å². The van der Waals surface area contributed by atoms with E-state index >= 15 is 0 Å². The molecule has 194 valence electrons. The van der Waals surface area contributed by atoms with Gasteiger partial charge in [0, 0.05) is 17.3 Å². The summed E-state index contributed by atoms with van der Waals surface area (Å²) >= 11 is 1.05. The molecule has 0 bridgehead atoms. The van der Waals surface area contributed by atoms with Crippen molar-refractivity contribution in [3.8, 4) is 11.5 Å². The molecule has 0 spiro atoms. The minimum Gasteiger partial charge on any atom is -1.00 e.